The Kier molecular flexibility index (Phi) is 4.43. The highest BCUT2D eigenvalue weighted by Gasteiger charge is 2.03. The van der Waals surface area contributed by atoms with E-state index in [1.54, 1.807) is 6.92 Å². The average Bonchev–Trinajstić information content (AvgIpc) is 2.17. The van der Waals surface area contributed by atoms with E-state index in [9.17, 15) is 0 Å². The van der Waals surface area contributed by atoms with Crippen LogP contribution in [0.5, 0.6) is 5.75 Å². The summed E-state index contributed by atoms with van der Waals surface area (Å²) in [5.41, 5.74) is 0.968. The number of ether oxygens (including phenoxy) is 1. The molecule has 2 N–H and O–H groups in total. The second kappa shape index (κ2) is 5.62. The number of benzene rings is 1. The Labute approximate surface area is 84.0 Å². The van der Waals surface area contributed by atoms with Crippen LogP contribution in [0.2, 0.25) is 0 Å². The standard InChI is InChI=1S/C11H16O3/c1-9(13)8-14-11-5-3-2-4-10(11)6-7-12/h2-5,9,12-13H,6-8H2,1H3. The zero-order chi connectivity index (χ0) is 10.4. The van der Waals surface area contributed by atoms with Crippen LogP contribution in [0, 0.1) is 0 Å². The van der Waals surface area contributed by atoms with Gasteiger partial charge >= 0.3 is 0 Å². The molecule has 0 aliphatic carbocycles. The van der Waals surface area contributed by atoms with E-state index in [0.717, 1.165) is 11.3 Å². The van der Waals surface area contributed by atoms with E-state index in [1.165, 1.54) is 0 Å². The maximum Gasteiger partial charge on any atom is 0.122 e. The largest absolute Gasteiger partial charge is 0.491 e. The zero-order valence-electron chi connectivity index (χ0n) is 8.31. The molecular formula is C11H16O3. The lowest BCUT2D eigenvalue weighted by molar-refractivity contribution is 0.122. The Morgan fingerprint density at radius 2 is 2.07 bits per heavy atom. The Morgan fingerprint density at radius 3 is 2.71 bits per heavy atom. The molecule has 0 aliphatic heterocycles. The van der Waals surface area contributed by atoms with Crippen molar-refractivity contribution in [3.8, 4) is 5.75 Å². The van der Waals surface area contributed by atoms with Crippen molar-refractivity contribution >= 4 is 0 Å². The van der Waals surface area contributed by atoms with Crippen molar-refractivity contribution in [3.63, 3.8) is 0 Å². The first-order valence-electron chi connectivity index (χ1n) is 4.73. The molecule has 0 aliphatic rings. The molecule has 0 bridgehead atoms. The van der Waals surface area contributed by atoms with E-state index in [-0.39, 0.29) is 13.2 Å². The molecule has 0 fully saturated rings. The molecule has 0 spiro atoms. The minimum atomic E-state index is -0.475. The van der Waals surface area contributed by atoms with Gasteiger partial charge in [-0.2, -0.15) is 0 Å². The lowest BCUT2D eigenvalue weighted by atomic mass is 10.1. The second-order valence-corrected chi connectivity index (χ2v) is 3.24. The lowest BCUT2D eigenvalue weighted by Gasteiger charge is -2.11. The molecule has 14 heavy (non-hydrogen) atoms. The molecule has 3 nitrogen and oxygen atoms in total. The van der Waals surface area contributed by atoms with Crippen molar-refractivity contribution in [2.45, 2.75) is 19.4 Å². The first kappa shape index (κ1) is 11.0. The first-order chi connectivity index (χ1) is 6.74. The van der Waals surface area contributed by atoms with E-state index in [0.29, 0.717) is 6.42 Å². The molecule has 0 radical (unpaired) electrons. The molecule has 1 unspecified atom stereocenters. The summed E-state index contributed by atoms with van der Waals surface area (Å²) in [6.07, 6.45) is 0.105. The second-order valence-electron chi connectivity index (χ2n) is 3.24. The summed E-state index contributed by atoms with van der Waals surface area (Å²) >= 11 is 0. The Balaban J connectivity index is 2.64. The molecule has 0 aromatic heterocycles. The number of aliphatic hydroxyl groups excluding tert-OH is 2. The first-order valence-corrected chi connectivity index (χ1v) is 4.73. The number of aliphatic hydroxyl groups is 2. The lowest BCUT2D eigenvalue weighted by Crippen LogP contribution is -2.13. The number of hydrogen-bond donors (Lipinski definition) is 2. The monoisotopic (exact) mass is 196 g/mol. The number of rotatable bonds is 5. The van der Waals surface area contributed by atoms with Crippen molar-refractivity contribution in [3.05, 3.63) is 29.8 Å². The molecule has 0 amide bonds. The summed E-state index contributed by atoms with van der Waals surface area (Å²) in [4.78, 5) is 0. The third-order valence-corrected chi connectivity index (χ3v) is 1.83. The van der Waals surface area contributed by atoms with Gasteiger partial charge in [-0.25, -0.2) is 0 Å². The van der Waals surface area contributed by atoms with Gasteiger partial charge in [0.2, 0.25) is 0 Å². The summed E-state index contributed by atoms with van der Waals surface area (Å²) in [6.45, 7) is 2.06. The molecule has 1 aromatic carbocycles. The van der Waals surface area contributed by atoms with Gasteiger partial charge in [0, 0.05) is 6.61 Å². The van der Waals surface area contributed by atoms with Gasteiger partial charge in [0.05, 0.1) is 6.10 Å². The van der Waals surface area contributed by atoms with Gasteiger partial charge in [-0.1, -0.05) is 18.2 Å². The molecule has 1 atom stereocenters. The third-order valence-electron chi connectivity index (χ3n) is 1.83. The molecule has 3 heteroatoms. The summed E-state index contributed by atoms with van der Waals surface area (Å²) in [7, 11) is 0. The van der Waals surface area contributed by atoms with Crippen LogP contribution >= 0.6 is 0 Å². The molecule has 0 saturated heterocycles. The van der Waals surface area contributed by atoms with E-state index >= 15 is 0 Å². The fraction of sp³-hybridized carbons (Fsp3) is 0.455. The van der Waals surface area contributed by atoms with Crippen LogP contribution in [0.1, 0.15) is 12.5 Å². The summed E-state index contributed by atoms with van der Waals surface area (Å²) < 4.78 is 5.39. The normalized spacial score (nSPS) is 12.5. The van der Waals surface area contributed by atoms with Gasteiger partial charge in [-0.3, -0.25) is 0 Å². The van der Waals surface area contributed by atoms with Crippen LogP contribution in [0.4, 0.5) is 0 Å². The van der Waals surface area contributed by atoms with E-state index < -0.39 is 6.10 Å². The van der Waals surface area contributed by atoms with Crippen LogP contribution in [0.25, 0.3) is 0 Å². The minimum Gasteiger partial charge on any atom is -0.491 e. The van der Waals surface area contributed by atoms with Gasteiger partial charge in [0.1, 0.15) is 12.4 Å². The van der Waals surface area contributed by atoms with Crippen LogP contribution in [-0.4, -0.2) is 29.5 Å². The molecule has 0 saturated carbocycles. The van der Waals surface area contributed by atoms with Crippen LogP contribution in [0.15, 0.2) is 24.3 Å². The Morgan fingerprint density at radius 1 is 1.36 bits per heavy atom. The summed E-state index contributed by atoms with van der Waals surface area (Å²) in [5, 5.41) is 17.9. The van der Waals surface area contributed by atoms with Gasteiger partial charge in [-0.05, 0) is 25.0 Å². The summed E-state index contributed by atoms with van der Waals surface area (Å²) in [5.74, 6) is 0.738. The van der Waals surface area contributed by atoms with Crippen LogP contribution in [0.3, 0.4) is 0 Å². The number of para-hydroxylation sites is 1. The predicted molar refractivity (Wildman–Crippen MR) is 54.4 cm³/mol. The zero-order valence-corrected chi connectivity index (χ0v) is 8.31. The maximum atomic E-state index is 9.06. The van der Waals surface area contributed by atoms with Crippen molar-refractivity contribution in [1.82, 2.24) is 0 Å². The fourth-order valence-electron chi connectivity index (χ4n) is 1.18. The SMILES string of the molecule is CC(O)COc1ccccc1CCO. The number of hydrogen-bond acceptors (Lipinski definition) is 3. The quantitative estimate of drug-likeness (QED) is 0.738. The van der Waals surface area contributed by atoms with Gasteiger partial charge in [0.25, 0.3) is 0 Å². The van der Waals surface area contributed by atoms with Crippen LogP contribution in [-0.2, 0) is 6.42 Å². The highest BCUT2D eigenvalue weighted by atomic mass is 16.5. The highest BCUT2D eigenvalue weighted by molar-refractivity contribution is 5.33. The molecule has 1 aromatic rings. The Hall–Kier alpha value is -1.06. The predicted octanol–water partition coefficient (Wildman–Crippen LogP) is 0.981. The van der Waals surface area contributed by atoms with E-state index in [1.807, 2.05) is 24.3 Å². The van der Waals surface area contributed by atoms with Crippen molar-refractivity contribution in [1.29, 1.82) is 0 Å². The fourth-order valence-corrected chi connectivity index (χ4v) is 1.18. The molecular weight excluding hydrogens is 180 g/mol. The van der Waals surface area contributed by atoms with Crippen LogP contribution < -0.4 is 4.74 Å². The Bertz CT molecular complexity index is 271. The maximum absolute atomic E-state index is 9.06. The average molecular weight is 196 g/mol. The smallest absolute Gasteiger partial charge is 0.122 e. The highest BCUT2D eigenvalue weighted by Crippen LogP contribution is 2.18. The van der Waals surface area contributed by atoms with Crippen molar-refractivity contribution in [2.24, 2.45) is 0 Å². The molecule has 1 rings (SSSR count). The van der Waals surface area contributed by atoms with E-state index in [2.05, 4.69) is 0 Å². The minimum absolute atomic E-state index is 0.106. The molecule has 0 heterocycles. The topological polar surface area (TPSA) is 49.7 Å². The van der Waals surface area contributed by atoms with Gasteiger partial charge < -0.3 is 14.9 Å². The third kappa shape index (κ3) is 3.36. The van der Waals surface area contributed by atoms with Gasteiger partial charge in [-0.15, -0.1) is 0 Å². The van der Waals surface area contributed by atoms with Gasteiger partial charge in [0.15, 0.2) is 0 Å². The van der Waals surface area contributed by atoms with Crippen molar-refractivity contribution < 1.29 is 14.9 Å². The van der Waals surface area contributed by atoms with E-state index in [4.69, 9.17) is 14.9 Å². The molecule has 78 valence electrons. The summed E-state index contributed by atoms with van der Waals surface area (Å²) in [6, 6.07) is 7.53. The van der Waals surface area contributed by atoms with Crippen molar-refractivity contribution in [2.75, 3.05) is 13.2 Å².